The number of alkyl carbamates (subject to hydrolysis) is 1. The van der Waals surface area contributed by atoms with Crippen molar-refractivity contribution in [2.45, 2.75) is 39.8 Å². The summed E-state index contributed by atoms with van der Waals surface area (Å²) in [6.07, 6.45) is -0.413. The Balaban J connectivity index is 2.50. The minimum Gasteiger partial charge on any atom is -0.445 e. The number of benzene rings is 1. The normalized spacial score (nSPS) is 11.1. The lowest BCUT2D eigenvalue weighted by Gasteiger charge is -2.20. The van der Waals surface area contributed by atoms with E-state index in [9.17, 15) is 19.2 Å². The fourth-order valence-electron chi connectivity index (χ4n) is 1.99. The van der Waals surface area contributed by atoms with Crippen molar-refractivity contribution in [1.29, 1.82) is 0 Å². The monoisotopic (exact) mass is 379 g/mol. The van der Waals surface area contributed by atoms with E-state index < -0.39 is 30.0 Å². The average molecular weight is 379 g/mol. The Morgan fingerprint density at radius 3 is 2.19 bits per heavy atom. The van der Waals surface area contributed by atoms with Gasteiger partial charge in [0.25, 0.3) is 5.91 Å². The van der Waals surface area contributed by atoms with E-state index in [4.69, 9.17) is 4.74 Å². The average Bonchev–Trinajstić information content (AvgIpc) is 2.62. The molecule has 1 rings (SSSR count). The molecule has 10 heteroatoms. The molecule has 0 spiro atoms. The van der Waals surface area contributed by atoms with Gasteiger partial charge in [0, 0.05) is 6.92 Å². The number of rotatable bonds is 6. The van der Waals surface area contributed by atoms with E-state index in [2.05, 4.69) is 21.6 Å². The van der Waals surface area contributed by atoms with Gasteiger partial charge < -0.3 is 10.1 Å². The van der Waals surface area contributed by atoms with E-state index in [-0.39, 0.29) is 12.5 Å². The number of hydrogen-bond donors (Lipinski definition) is 5. The molecule has 5 amide bonds. The molecule has 0 aromatic heterocycles. The number of carbonyl (C=O) groups excluding carboxylic acids is 4. The van der Waals surface area contributed by atoms with Gasteiger partial charge >= 0.3 is 12.1 Å². The molecule has 0 saturated heterocycles. The largest absolute Gasteiger partial charge is 0.445 e. The highest BCUT2D eigenvalue weighted by molar-refractivity contribution is 5.87. The molecule has 0 aliphatic rings. The van der Waals surface area contributed by atoms with E-state index >= 15 is 0 Å². The summed E-state index contributed by atoms with van der Waals surface area (Å²) < 4.78 is 5.10. The number of nitrogens with one attached hydrogen (secondary N) is 5. The SMILES string of the molecule is CC(=O)NNC(=O)NNC(=O)[C@H](CC(C)C)NC(=O)OCc1ccccc1. The smallest absolute Gasteiger partial charge is 0.408 e. The number of amides is 5. The highest BCUT2D eigenvalue weighted by Gasteiger charge is 2.23. The zero-order chi connectivity index (χ0) is 20.2. The number of ether oxygens (including phenoxy) is 1. The summed E-state index contributed by atoms with van der Waals surface area (Å²) in [7, 11) is 0. The molecule has 5 N–H and O–H groups in total. The first-order valence-electron chi connectivity index (χ1n) is 8.37. The maximum Gasteiger partial charge on any atom is 0.408 e. The van der Waals surface area contributed by atoms with Gasteiger partial charge in [0.15, 0.2) is 0 Å². The van der Waals surface area contributed by atoms with E-state index in [0.29, 0.717) is 6.42 Å². The second-order valence-electron chi connectivity index (χ2n) is 6.14. The summed E-state index contributed by atoms with van der Waals surface area (Å²) in [5, 5.41) is 2.48. The van der Waals surface area contributed by atoms with Crippen molar-refractivity contribution >= 4 is 23.9 Å². The van der Waals surface area contributed by atoms with Crippen LogP contribution in [0.5, 0.6) is 0 Å². The van der Waals surface area contributed by atoms with E-state index in [1.807, 2.05) is 49.6 Å². The molecule has 10 nitrogen and oxygen atoms in total. The van der Waals surface area contributed by atoms with Gasteiger partial charge in [-0.25, -0.2) is 20.4 Å². The van der Waals surface area contributed by atoms with Crippen molar-refractivity contribution in [1.82, 2.24) is 27.0 Å². The molecule has 0 aliphatic carbocycles. The first-order valence-corrected chi connectivity index (χ1v) is 8.37. The van der Waals surface area contributed by atoms with Gasteiger partial charge in [0.1, 0.15) is 12.6 Å². The zero-order valence-electron chi connectivity index (χ0n) is 15.5. The third-order valence-electron chi connectivity index (χ3n) is 3.18. The third kappa shape index (κ3) is 9.68. The van der Waals surface area contributed by atoms with Crippen molar-refractivity contribution in [3.63, 3.8) is 0 Å². The summed E-state index contributed by atoms with van der Waals surface area (Å²) in [5.41, 5.74) is 9.12. The number of hydrazine groups is 2. The highest BCUT2D eigenvalue weighted by Crippen LogP contribution is 2.06. The summed E-state index contributed by atoms with van der Waals surface area (Å²) in [6, 6.07) is 7.36. The van der Waals surface area contributed by atoms with Crippen LogP contribution in [0.25, 0.3) is 0 Å². The summed E-state index contributed by atoms with van der Waals surface area (Å²) >= 11 is 0. The second kappa shape index (κ2) is 11.3. The van der Waals surface area contributed by atoms with Crippen molar-refractivity contribution in [3.05, 3.63) is 35.9 Å². The molecule has 1 aromatic carbocycles. The molecule has 0 bridgehead atoms. The molecule has 0 saturated carbocycles. The van der Waals surface area contributed by atoms with Crippen molar-refractivity contribution in [2.24, 2.45) is 5.92 Å². The van der Waals surface area contributed by atoms with Crippen LogP contribution in [0.1, 0.15) is 32.8 Å². The number of carbonyl (C=O) groups is 4. The molecule has 148 valence electrons. The maximum absolute atomic E-state index is 12.2. The highest BCUT2D eigenvalue weighted by atomic mass is 16.5. The van der Waals surface area contributed by atoms with Gasteiger partial charge in [0.05, 0.1) is 0 Å². The van der Waals surface area contributed by atoms with Gasteiger partial charge in [-0.1, -0.05) is 44.2 Å². The minimum absolute atomic E-state index is 0.0695. The molecule has 27 heavy (non-hydrogen) atoms. The predicted octanol–water partition coefficient (Wildman–Crippen LogP) is 0.709. The Bertz CT molecular complexity index is 650. The lowest BCUT2D eigenvalue weighted by atomic mass is 10.0. The molecule has 0 radical (unpaired) electrons. The number of hydrogen-bond acceptors (Lipinski definition) is 5. The Morgan fingerprint density at radius 1 is 0.963 bits per heavy atom. The van der Waals surface area contributed by atoms with Crippen molar-refractivity contribution in [3.8, 4) is 0 Å². The third-order valence-corrected chi connectivity index (χ3v) is 3.18. The molecule has 0 aliphatic heterocycles. The van der Waals surface area contributed by atoms with Gasteiger partial charge in [0.2, 0.25) is 5.91 Å². The van der Waals surface area contributed by atoms with Crippen LogP contribution in [-0.4, -0.2) is 30.0 Å². The maximum atomic E-state index is 12.2. The predicted molar refractivity (Wildman–Crippen MR) is 96.6 cm³/mol. The fourth-order valence-corrected chi connectivity index (χ4v) is 1.99. The fraction of sp³-hybridized carbons (Fsp3) is 0.412. The summed E-state index contributed by atoms with van der Waals surface area (Å²) in [4.78, 5) is 46.3. The standard InChI is InChI=1S/C17H25N5O5/c1-11(2)9-14(15(24)20-22-16(25)21-19-12(3)23)18-17(26)27-10-13-7-5-4-6-8-13/h4-8,11,14H,9-10H2,1-3H3,(H,18,26)(H,19,23)(H,20,24)(H2,21,22,25)/t14-/m0/s1. The Morgan fingerprint density at radius 2 is 1.59 bits per heavy atom. The van der Waals surface area contributed by atoms with Crippen LogP contribution in [0.2, 0.25) is 0 Å². The van der Waals surface area contributed by atoms with Crippen LogP contribution in [0.4, 0.5) is 9.59 Å². The van der Waals surface area contributed by atoms with Crippen LogP contribution in [-0.2, 0) is 20.9 Å². The Hall–Kier alpha value is -3.30. The topological polar surface area (TPSA) is 138 Å². The first-order chi connectivity index (χ1) is 12.8. The molecular formula is C17H25N5O5. The lowest BCUT2D eigenvalue weighted by molar-refractivity contribution is -0.124. The minimum atomic E-state index is -0.908. The summed E-state index contributed by atoms with van der Waals surface area (Å²) in [6.45, 7) is 5.05. The zero-order valence-corrected chi connectivity index (χ0v) is 15.5. The second-order valence-corrected chi connectivity index (χ2v) is 6.14. The van der Waals surface area contributed by atoms with Crippen LogP contribution in [0.15, 0.2) is 30.3 Å². The molecular weight excluding hydrogens is 354 g/mol. The molecule has 0 unspecified atom stereocenters. The molecule has 0 heterocycles. The van der Waals surface area contributed by atoms with Gasteiger partial charge in [-0.05, 0) is 17.9 Å². The van der Waals surface area contributed by atoms with Gasteiger partial charge in [-0.3, -0.25) is 20.4 Å². The van der Waals surface area contributed by atoms with Crippen molar-refractivity contribution < 1.29 is 23.9 Å². The molecule has 0 fully saturated rings. The van der Waals surface area contributed by atoms with Gasteiger partial charge in [-0.2, -0.15) is 0 Å². The lowest BCUT2D eigenvalue weighted by Crippen LogP contribution is -2.56. The quantitative estimate of drug-likeness (QED) is 0.464. The number of urea groups is 1. The van der Waals surface area contributed by atoms with Crippen LogP contribution >= 0.6 is 0 Å². The van der Waals surface area contributed by atoms with E-state index in [1.54, 1.807) is 0 Å². The van der Waals surface area contributed by atoms with Crippen LogP contribution in [0, 0.1) is 5.92 Å². The Kier molecular flexibility index (Phi) is 9.13. The Labute approximate surface area is 157 Å². The molecule has 1 atom stereocenters. The van der Waals surface area contributed by atoms with Crippen LogP contribution < -0.4 is 27.0 Å². The van der Waals surface area contributed by atoms with E-state index in [1.165, 1.54) is 6.92 Å². The summed E-state index contributed by atoms with van der Waals surface area (Å²) in [5.74, 6) is -1.00. The molecule has 1 aromatic rings. The van der Waals surface area contributed by atoms with Crippen molar-refractivity contribution in [2.75, 3.05) is 0 Å². The van der Waals surface area contributed by atoms with Gasteiger partial charge in [-0.15, -0.1) is 0 Å². The van der Waals surface area contributed by atoms with Crippen LogP contribution in [0.3, 0.4) is 0 Å². The van der Waals surface area contributed by atoms with E-state index in [0.717, 1.165) is 5.56 Å². The first kappa shape index (κ1) is 21.7.